The van der Waals surface area contributed by atoms with Gasteiger partial charge in [-0.2, -0.15) is 0 Å². The molecule has 3 amide bonds. The Balaban J connectivity index is 1.29. The summed E-state index contributed by atoms with van der Waals surface area (Å²) in [5, 5.41) is 5.86. The summed E-state index contributed by atoms with van der Waals surface area (Å²) in [7, 11) is 0. The molecule has 2 fully saturated rings. The largest absolute Gasteiger partial charge is 0.355 e. The number of hydrogen-bond acceptors (Lipinski definition) is 3. The number of benzene rings is 1. The Kier molecular flexibility index (Phi) is 8.08. The highest BCUT2D eigenvalue weighted by molar-refractivity contribution is 5.81. The predicted octanol–water partition coefficient (Wildman–Crippen LogP) is 2.42. The lowest BCUT2D eigenvalue weighted by molar-refractivity contribution is -0.137. The van der Waals surface area contributed by atoms with Gasteiger partial charge in [-0.15, -0.1) is 0 Å². The van der Waals surface area contributed by atoms with Gasteiger partial charge in [-0.05, 0) is 31.2 Å². The van der Waals surface area contributed by atoms with Crippen LogP contribution in [0.4, 0.5) is 0 Å². The van der Waals surface area contributed by atoms with Gasteiger partial charge in [0.05, 0.1) is 6.42 Å². The van der Waals surface area contributed by atoms with E-state index >= 15 is 0 Å². The molecule has 6 nitrogen and oxygen atoms in total. The molecule has 0 aromatic heterocycles. The topological polar surface area (TPSA) is 78.5 Å². The molecule has 1 aliphatic carbocycles. The minimum absolute atomic E-state index is 0.0398. The van der Waals surface area contributed by atoms with Gasteiger partial charge in [0.2, 0.25) is 17.7 Å². The number of likely N-dealkylation sites (tertiary alicyclic amines) is 1. The Morgan fingerprint density at radius 2 is 1.59 bits per heavy atom. The van der Waals surface area contributed by atoms with Crippen LogP contribution in [0.5, 0.6) is 0 Å². The zero-order chi connectivity index (χ0) is 20.5. The fraction of sp³-hybridized carbons (Fsp3) is 0.609. The van der Waals surface area contributed by atoms with Crippen molar-refractivity contribution >= 4 is 17.7 Å². The second-order valence-electron chi connectivity index (χ2n) is 8.26. The number of nitrogens with zero attached hydrogens (tertiary/aromatic N) is 1. The van der Waals surface area contributed by atoms with Crippen molar-refractivity contribution in [1.82, 2.24) is 15.5 Å². The van der Waals surface area contributed by atoms with Crippen LogP contribution in [0.3, 0.4) is 0 Å². The van der Waals surface area contributed by atoms with Crippen molar-refractivity contribution in [2.75, 3.05) is 19.6 Å². The third-order valence-electron chi connectivity index (χ3n) is 6.01. The third-order valence-corrected chi connectivity index (χ3v) is 6.01. The maximum atomic E-state index is 12.6. The van der Waals surface area contributed by atoms with Crippen LogP contribution in [0.2, 0.25) is 0 Å². The van der Waals surface area contributed by atoms with E-state index in [1.54, 1.807) is 0 Å². The average Bonchev–Trinajstić information content (AvgIpc) is 2.75. The first-order chi connectivity index (χ1) is 14.1. The van der Waals surface area contributed by atoms with E-state index in [2.05, 4.69) is 10.6 Å². The van der Waals surface area contributed by atoms with Crippen molar-refractivity contribution < 1.29 is 14.4 Å². The van der Waals surface area contributed by atoms with Crippen LogP contribution in [0, 0.1) is 5.92 Å². The Bertz CT molecular complexity index is 678. The first kappa shape index (κ1) is 21.3. The van der Waals surface area contributed by atoms with Gasteiger partial charge < -0.3 is 15.5 Å². The van der Waals surface area contributed by atoms with Crippen molar-refractivity contribution in [3.63, 3.8) is 0 Å². The highest BCUT2D eigenvalue weighted by Crippen LogP contribution is 2.26. The minimum Gasteiger partial charge on any atom is -0.355 e. The van der Waals surface area contributed by atoms with Crippen molar-refractivity contribution in [3.05, 3.63) is 35.9 Å². The van der Waals surface area contributed by atoms with Crippen molar-refractivity contribution in [1.29, 1.82) is 0 Å². The zero-order valence-corrected chi connectivity index (χ0v) is 17.2. The summed E-state index contributed by atoms with van der Waals surface area (Å²) in [6.45, 7) is 1.80. The minimum atomic E-state index is -0.0708. The summed E-state index contributed by atoms with van der Waals surface area (Å²) in [4.78, 5) is 38.7. The Hall–Kier alpha value is -2.37. The average molecular weight is 400 g/mol. The van der Waals surface area contributed by atoms with Crippen molar-refractivity contribution in [2.45, 2.75) is 63.8 Å². The molecule has 6 heteroatoms. The lowest BCUT2D eigenvalue weighted by atomic mass is 9.87. The van der Waals surface area contributed by atoms with Crippen LogP contribution in [-0.4, -0.2) is 48.3 Å². The van der Waals surface area contributed by atoms with E-state index in [1.807, 2.05) is 35.2 Å². The van der Waals surface area contributed by atoms with Crippen LogP contribution >= 0.6 is 0 Å². The molecule has 0 radical (unpaired) electrons. The van der Waals surface area contributed by atoms with Crippen LogP contribution in [0.25, 0.3) is 0 Å². The Morgan fingerprint density at radius 1 is 0.897 bits per heavy atom. The molecule has 2 aliphatic rings. The van der Waals surface area contributed by atoms with Gasteiger partial charge in [-0.3, -0.25) is 14.4 Å². The van der Waals surface area contributed by atoms with Crippen LogP contribution in [0.15, 0.2) is 30.3 Å². The van der Waals surface area contributed by atoms with Crippen molar-refractivity contribution in [3.8, 4) is 0 Å². The van der Waals surface area contributed by atoms with Gasteiger partial charge in [-0.1, -0.05) is 49.6 Å². The molecule has 0 spiro atoms. The highest BCUT2D eigenvalue weighted by atomic mass is 16.2. The summed E-state index contributed by atoms with van der Waals surface area (Å²) in [5.74, 6) is 0.422. The number of carbonyl (C=O) groups excluding carboxylic acids is 3. The molecular weight excluding hydrogens is 366 g/mol. The zero-order valence-electron chi connectivity index (χ0n) is 17.2. The molecule has 1 saturated carbocycles. The molecule has 1 heterocycles. The third kappa shape index (κ3) is 6.87. The standard InChI is InChI=1S/C23H33N3O3/c27-21(11-14-24-22(28)17-18-7-3-1-4-8-18)25-20-12-15-26(16-13-20)23(29)19-9-5-2-6-10-19/h1,3-4,7-8,19-20H,2,5-6,9-17H2,(H,24,28)(H,25,27). The normalized spacial score (nSPS) is 18.3. The van der Waals surface area contributed by atoms with E-state index in [0.29, 0.717) is 18.9 Å². The maximum absolute atomic E-state index is 12.6. The second-order valence-corrected chi connectivity index (χ2v) is 8.26. The second kappa shape index (κ2) is 11.0. The first-order valence-electron chi connectivity index (χ1n) is 11.0. The first-order valence-corrected chi connectivity index (χ1v) is 11.0. The van der Waals surface area contributed by atoms with Crippen LogP contribution in [-0.2, 0) is 20.8 Å². The Morgan fingerprint density at radius 3 is 2.28 bits per heavy atom. The molecule has 158 valence electrons. The molecule has 1 aliphatic heterocycles. The van der Waals surface area contributed by atoms with E-state index in [1.165, 1.54) is 19.3 Å². The molecule has 1 saturated heterocycles. The van der Waals surface area contributed by atoms with Gasteiger partial charge in [0.15, 0.2) is 0 Å². The summed E-state index contributed by atoms with van der Waals surface area (Å²) < 4.78 is 0. The quantitative estimate of drug-likeness (QED) is 0.739. The molecule has 1 aromatic carbocycles. The molecular formula is C23H33N3O3. The van der Waals surface area contributed by atoms with Gasteiger partial charge in [0.25, 0.3) is 0 Å². The molecule has 0 unspecified atom stereocenters. The fourth-order valence-corrected chi connectivity index (χ4v) is 4.31. The Labute approximate surface area is 173 Å². The van der Waals surface area contributed by atoms with Gasteiger partial charge >= 0.3 is 0 Å². The summed E-state index contributed by atoms with van der Waals surface area (Å²) >= 11 is 0. The van der Waals surface area contributed by atoms with Crippen LogP contribution in [0.1, 0.15) is 56.9 Å². The summed E-state index contributed by atoms with van der Waals surface area (Å²) in [5.41, 5.74) is 0.962. The van der Waals surface area contributed by atoms with Gasteiger partial charge in [0.1, 0.15) is 0 Å². The lowest BCUT2D eigenvalue weighted by Crippen LogP contribution is -2.48. The monoisotopic (exact) mass is 399 g/mol. The number of rotatable bonds is 7. The van der Waals surface area contributed by atoms with Gasteiger partial charge in [0, 0.05) is 38.0 Å². The number of nitrogens with one attached hydrogen (secondary N) is 2. The number of hydrogen-bond donors (Lipinski definition) is 2. The molecule has 3 rings (SSSR count). The van der Waals surface area contributed by atoms with E-state index in [0.717, 1.165) is 44.3 Å². The van der Waals surface area contributed by atoms with E-state index in [4.69, 9.17) is 0 Å². The van der Waals surface area contributed by atoms with E-state index < -0.39 is 0 Å². The molecule has 29 heavy (non-hydrogen) atoms. The molecule has 1 aromatic rings. The molecule has 0 bridgehead atoms. The summed E-state index contributed by atoms with van der Waals surface area (Å²) in [6.07, 6.45) is 7.89. The molecule has 2 N–H and O–H groups in total. The fourth-order valence-electron chi connectivity index (χ4n) is 4.31. The van der Waals surface area contributed by atoms with E-state index in [9.17, 15) is 14.4 Å². The number of amides is 3. The SMILES string of the molecule is O=C(Cc1ccccc1)NCCC(=O)NC1CCN(C(=O)C2CCCCC2)CC1. The van der Waals surface area contributed by atoms with Gasteiger partial charge in [-0.25, -0.2) is 0 Å². The number of carbonyl (C=O) groups is 3. The smallest absolute Gasteiger partial charge is 0.225 e. The predicted molar refractivity (Wildman–Crippen MR) is 112 cm³/mol. The highest BCUT2D eigenvalue weighted by Gasteiger charge is 2.29. The molecule has 0 atom stereocenters. The lowest BCUT2D eigenvalue weighted by Gasteiger charge is -2.35. The van der Waals surface area contributed by atoms with E-state index in [-0.39, 0.29) is 30.2 Å². The maximum Gasteiger partial charge on any atom is 0.225 e. The van der Waals surface area contributed by atoms with Crippen LogP contribution < -0.4 is 10.6 Å². The summed E-state index contributed by atoms with van der Waals surface area (Å²) in [6, 6.07) is 9.68. The number of piperidine rings is 1. The van der Waals surface area contributed by atoms with Crippen molar-refractivity contribution in [2.24, 2.45) is 5.92 Å².